The molecule has 3 rings (SSSR count). The maximum absolute atomic E-state index is 12.5. The van der Waals surface area contributed by atoms with Gasteiger partial charge in [-0.15, -0.1) is 0 Å². The van der Waals surface area contributed by atoms with Crippen LogP contribution in [0.15, 0.2) is 77.7 Å². The van der Waals surface area contributed by atoms with Crippen LogP contribution in [0, 0.1) is 0 Å². The van der Waals surface area contributed by atoms with Crippen molar-refractivity contribution in [3.63, 3.8) is 0 Å². The van der Waals surface area contributed by atoms with Gasteiger partial charge in [-0.05, 0) is 36.4 Å². The van der Waals surface area contributed by atoms with E-state index in [-0.39, 0.29) is 34.7 Å². The third kappa shape index (κ3) is 6.13. The lowest BCUT2D eigenvalue weighted by Gasteiger charge is -2.12. The summed E-state index contributed by atoms with van der Waals surface area (Å²) in [5, 5.41) is 2.81. The number of rotatable bonds is 9. The van der Waals surface area contributed by atoms with Crippen LogP contribution in [0.4, 0.5) is 5.69 Å². The van der Waals surface area contributed by atoms with Gasteiger partial charge in [0, 0.05) is 17.8 Å². The van der Waals surface area contributed by atoms with Gasteiger partial charge in [0.25, 0.3) is 15.9 Å². The Morgan fingerprint density at radius 2 is 1.68 bits per heavy atom. The molecule has 0 fully saturated rings. The fourth-order valence-corrected chi connectivity index (χ4v) is 4.11. The number of carbonyl (C=O) groups is 1. The van der Waals surface area contributed by atoms with Gasteiger partial charge in [-0.25, -0.2) is 8.42 Å². The number of sulfonamides is 1. The molecule has 31 heavy (non-hydrogen) atoms. The summed E-state index contributed by atoms with van der Waals surface area (Å²) in [7, 11) is -2.25. The van der Waals surface area contributed by atoms with Crippen molar-refractivity contribution in [2.24, 2.45) is 0 Å². The molecule has 0 atom stereocenters. The quantitative estimate of drug-likeness (QED) is 0.506. The zero-order valence-electron chi connectivity index (χ0n) is 16.7. The Bertz CT molecular complexity index is 1150. The van der Waals surface area contributed by atoms with E-state index in [0.29, 0.717) is 11.4 Å². The van der Waals surface area contributed by atoms with Gasteiger partial charge >= 0.3 is 0 Å². The molecular weight excluding hydrogens is 440 g/mol. The summed E-state index contributed by atoms with van der Waals surface area (Å²) >= 11 is 6.17. The fourth-order valence-electron chi connectivity index (χ4n) is 2.72. The maximum atomic E-state index is 12.5. The highest BCUT2D eigenvalue weighted by atomic mass is 35.5. The molecule has 1 amide bonds. The number of carbonyl (C=O) groups excluding carboxylic acids is 1. The zero-order chi connectivity index (χ0) is 22.3. The molecule has 0 heterocycles. The van der Waals surface area contributed by atoms with Crippen molar-refractivity contribution in [3.8, 4) is 11.5 Å². The predicted octanol–water partition coefficient (Wildman–Crippen LogP) is 3.84. The molecule has 0 radical (unpaired) electrons. The van der Waals surface area contributed by atoms with Crippen LogP contribution < -0.4 is 19.5 Å². The molecule has 3 aromatic rings. The standard InChI is InChI=1S/C22H21ClN2O5S/c1-29-20-10-6-5-7-16(20)14-24-22(26)15-30-21-12-11-18(13-19(21)23)31(27,28)25-17-8-3-2-4-9-17/h2-13,25H,14-15H2,1H3,(H,24,26). The molecule has 162 valence electrons. The summed E-state index contributed by atoms with van der Waals surface area (Å²) in [4.78, 5) is 12.1. The van der Waals surface area contributed by atoms with Crippen LogP contribution in [0.25, 0.3) is 0 Å². The lowest BCUT2D eigenvalue weighted by atomic mass is 10.2. The molecule has 0 saturated heterocycles. The van der Waals surface area contributed by atoms with Crippen molar-refractivity contribution in [2.75, 3.05) is 18.4 Å². The summed E-state index contributed by atoms with van der Waals surface area (Å²) in [6, 6.07) is 19.9. The van der Waals surface area contributed by atoms with E-state index in [1.165, 1.54) is 18.2 Å². The third-order valence-corrected chi connectivity index (χ3v) is 5.94. The van der Waals surface area contributed by atoms with Crippen molar-refractivity contribution in [1.82, 2.24) is 5.32 Å². The summed E-state index contributed by atoms with van der Waals surface area (Å²) in [5.41, 5.74) is 1.27. The molecule has 7 nitrogen and oxygen atoms in total. The maximum Gasteiger partial charge on any atom is 0.261 e. The average molecular weight is 461 g/mol. The van der Waals surface area contributed by atoms with Crippen molar-refractivity contribution in [3.05, 3.63) is 83.4 Å². The second kappa shape index (κ2) is 10.2. The normalized spacial score (nSPS) is 10.9. The van der Waals surface area contributed by atoms with Crippen LogP contribution in [0.3, 0.4) is 0 Å². The number of hydrogen-bond acceptors (Lipinski definition) is 5. The van der Waals surface area contributed by atoms with E-state index in [4.69, 9.17) is 21.1 Å². The first-order valence-corrected chi connectivity index (χ1v) is 11.1. The smallest absolute Gasteiger partial charge is 0.261 e. The van der Waals surface area contributed by atoms with Crippen molar-refractivity contribution >= 4 is 33.2 Å². The second-order valence-corrected chi connectivity index (χ2v) is 8.53. The van der Waals surface area contributed by atoms with E-state index in [9.17, 15) is 13.2 Å². The minimum absolute atomic E-state index is 0.0191. The lowest BCUT2D eigenvalue weighted by molar-refractivity contribution is -0.123. The van der Waals surface area contributed by atoms with Crippen LogP contribution in [0.5, 0.6) is 11.5 Å². The van der Waals surface area contributed by atoms with E-state index >= 15 is 0 Å². The highest BCUT2D eigenvalue weighted by molar-refractivity contribution is 7.92. The van der Waals surface area contributed by atoms with Gasteiger partial charge in [0.15, 0.2) is 6.61 Å². The lowest BCUT2D eigenvalue weighted by Crippen LogP contribution is -2.28. The van der Waals surface area contributed by atoms with Gasteiger partial charge < -0.3 is 14.8 Å². The van der Waals surface area contributed by atoms with Crippen molar-refractivity contribution < 1.29 is 22.7 Å². The van der Waals surface area contributed by atoms with Gasteiger partial charge in [0.1, 0.15) is 11.5 Å². The number of nitrogens with one attached hydrogen (secondary N) is 2. The Kier molecular flexibility index (Phi) is 7.38. The van der Waals surface area contributed by atoms with Crippen LogP contribution in [-0.4, -0.2) is 28.0 Å². The van der Waals surface area contributed by atoms with Crippen LogP contribution in [0.2, 0.25) is 5.02 Å². The first-order chi connectivity index (χ1) is 14.9. The minimum Gasteiger partial charge on any atom is -0.496 e. The molecule has 0 aliphatic carbocycles. The molecule has 0 aromatic heterocycles. The van der Waals surface area contributed by atoms with Crippen LogP contribution >= 0.6 is 11.6 Å². The molecule has 9 heteroatoms. The summed E-state index contributed by atoms with van der Waals surface area (Å²) in [6.45, 7) is 0.00546. The van der Waals surface area contributed by atoms with E-state index < -0.39 is 10.0 Å². The number of benzene rings is 3. The Balaban J connectivity index is 1.58. The Labute approximate surface area is 186 Å². The van der Waals surface area contributed by atoms with E-state index in [2.05, 4.69) is 10.0 Å². The van der Waals surface area contributed by atoms with Gasteiger partial charge in [-0.3, -0.25) is 9.52 Å². The third-order valence-electron chi connectivity index (χ3n) is 4.27. The first-order valence-electron chi connectivity index (χ1n) is 9.28. The number of halogens is 1. The Morgan fingerprint density at radius 3 is 2.39 bits per heavy atom. The molecule has 2 N–H and O–H groups in total. The zero-order valence-corrected chi connectivity index (χ0v) is 18.2. The number of para-hydroxylation sites is 2. The van der Waals surface area contributed by atoms with Crippen LogP contribution in [-0.2, 0) is 21.4 Å². The molecular formula is C22H21ClN2O5S. The number of methoxy groups -OCH3 is 1. The van der Waals surface area contributed by atoms with E-state index in [1.807, 2.05) is 18.2 Å². The molecule has 0 bridgehead atoms. The summed E-state index contributed by atoms with van der Waals surface area (Å²) in [6.07, 6.45) is 0. The number of hydrogen-bond donors (Lipinski definition) is 2. The summed E-state index contributed by atoms with van der Waals surface area (Å²) < 4.78 is 38.2. The SMILES string of the molecule is COc1ccccc1CNC(=O)COc1ccc(S(=O)(=O)Nc2ccccc2)cc1Cl. The van der Waals surface area contributed by atoms with E-state index in [1.54, 1.807) is 43.5 Å². The molecule has 3 aromatic carbocycles. The van der Waals surface area contributed by atoms with Gasteiger partial charge in [-0.1, -0.05) is 48.0 Å². The monoisotopic (exact) mass is 460 g/mol. The molecule has 0 aliphatic rings. The summed E-state index contributed by atoms with van der Waals surface area (Å²) in [5.74, 6) is 0.518. The number of ether oxygens (including phenoxy) is 2. The Morgan fingerprint density at radius 1 is 0.968 bits per heavy atom. The average Bonchev–Trinajstić information content (AvgIpc) is 2.77. The largest absolute Gasteiger partial charge is 0.496 e. The Hall–Kier alpha value is -3.23. The minimum atomic E-state index is -3.81. The molecule has 0 spiro atoms. The van der Waals surface area contributed by atoms with Gasteiger partial charge in [-0.2, -0.15) is 0 Å². The second-order valence-electron chi connectivity index (χ2n) is 6.44. The number of anilines is 1. The fraction of sp³-hybridized carbons (Fsp3) is 0.136. The van der Waals surface area contributed by atoms with Crippen molar-refractivity contribution in [2.45, 2.75) is 11.4 Å². The van der Waals surface area contributed by atoms with E-state index in [0.717, 1.165) is 5.56 Å². The molecule has 0 saturated carbocycles. The van der Waals surface area contributed by atoms with Crippen LogP contribution in [0.1, 0.15) is 5.56 Å². The molecule has 0 aliphatic heterocycles. The molecule has 0 unspecified atom stereocenters. The van der Waals surface area contributed by atoms with Gasteiger partial charge in [0.05, 0.1) is 17.0 Å². The first kappa shape index (κ1) is 22.5. The highest BCUT2D eigenvalue weighted by Gasteiger charge is 2.17. The highest BCUT2D eigenvalue weighted by Crippen LogP contribution is 2.28. The number of amides is 1. The topological polar surface area (TPSA) is 93.7 Å². The predicted molar refractivity (Wildman–Crippen MR) is 119 cm³/mol. The van der Waals surface area contributed by atoms with Crippen molar-refractivity contribution in [1.29, 1.82) is 0 Å². The van der Waals surface area contributed by atoms with Gasteiger partial charge in [0.2, 0.25) is 0 Å².